The summed E-state index contributed by atoms with van der Waals surface area (Å²) in [7, 11) is 0. The number of benzene rings is 1. The number of hydrogen-bond acceptors (Lipinski definition) is 2. The molecule has 4 heteroatoms. The third kappa shape index (κ3) is 2.78. The van der Waals surface area contributed by atoms with Crippen LogP contribution in [-0.4, -0.2) is 41.0 Å². The zero-order valence-corrected chi connectivity index (χ0v) is 15.6. The van der Waals surface area contributed by atoms with Gasteiger partial charge in [-0.25, -0.2) is 0 Å². The number of carbonyl (C=O) groups excluding carboxylic acids is 1. The Morgan fingerprint density at radius 1 is 1.50 bits per heavy atom. The molecule has 2 aromatic rings. The van der Waals surface area contributed by atoms with E-state index in [4.69, 9.17) is 0 Å². The third-order valence-corrected chi connectivity index (χ3v) is 5.82. The van der Waals surface area contributed by atoms with E-state index in [1.54, 1.807) is 0 Å². The Labute approximate surface area is 155 Å². The highest BCUT2D eigenvalue weighted by atomic mass is 16.2. The molecule has 2 heterocycles. The first-order valence-electron chi connectivity index (χ1n) is 9.58. The fourth-order valence-corrected chi connectivity index (χ4v) is 4.31. The summed E-state index contributed by atoms with van der Waals surface area (Å²) >= 11 is 0. The summed E-state index contributed by atoms with van der Waals surface area (Å²) in [5, 5.41) is 4.47. The van der Waals surface area contributed by atoms with Gasteiger partial charge in [0.05, 0.1) is 5.92 Å². The highest BCUT2D eigenvalue weighted by Gasteiger charge is 2.36. The molecule has 1 aliphatic heterocycles. The standard InChI is InChI=1S/C22H27N3O/c1-4-9-25-13-16(22(26)24-14(3)5-2)10-18-17-7-6-8-19-21(17)15(12-23-19)11-20(18)25/h4,6-8,10,12,14,16,20,23H,1,5,9,11,13H2,2-3H3,(H,24,26)/t14?,16-,20-/m1/s1. The fraction of sp³-hybridized carbons (Fsp3) is 0.409. The summed E-state index contributed by atoms with van der Waals surface area (Å²) in [6.07, 6.45) is 8.22. The van der Waals surface area contributed by atoms with Crippen molar-refractivity contribution in [3.63, 3.8) is 0 Å². The van der Waals surface area contributed by atoms with Crippen LogP contribution in [0.3, 0.4) is 0 Å². The van der Waals surface area contributed by atoms with Gasteiger partial charge in [0.2, 0.25) is 5.91 Å². The largest absolute Gasteiger partial charge is 0.361 e. The molecule has 1 unspecified atom stereocenters. The summed E-state index contributed by atoms with van der Waals surface area (Å²) in [6.45, 7) is 9.63. The maximum atomic E-state index is 12.8. The number of fused-ring (bicyclic) bond motifs is 2. The van der Waals surface area contributed by atoms with Gasteiger partial charge in [-0.1, -0.05) is 31.2 Å². The molecular weight excluding hydrogens is 322 g/mol. The molecular formula is C22H27N3O. The first kappa shape index (κ1) is 17.1. The molecule has 1 amide bonds. The molecule has 26 heavy (non-hydrogen) atoms. The molecule has 2 aliphatic rings. The van der Waals surface area contributed by atoms with E-state index in [1.165, 1.54) is 27.6 Å². The molecule has 2 N–H and O–H groups in total. The van der Waals surface area contributed by atoms with Crippen LogP contribution in [-0.2, 0) is 11.2 Å². The second-order valence-electron chi connectivity index (χ2n) is 7.55. The second kappa shape index (κ2) is 6.76. The fourth-order valence-electron chi connectivity index (χ4n) is 4.31. The van der Waals surface area contributed by atoms with Crippen LogP contribution in [0.4, 0.5) is 0 Å². The first-order valence-corrected chi connectivity index (χ1v) is 9.58. The third-order valence-electron chi connectivity index (χ3n) is 5.82. The minimum absolute atomic E-state index is 0.119. The quantitative estimate of drug-likeness (QED) is 0.812. The van der Waals surface area contributed by atoms with Gasteiger partial charge in [0.25, 0.3) is 0 Å². The molecule has 0 radical (unpaired) electrons. The zero-order chi connectivity index (χ0) is 18.3. The van der Waals surface area contributed by atoms with Crippen molar-refractivity contribution in [2.75, 3.05) is 13.1 Å². The maximum Gasteiger partial charge on any atom is 0.228 e. The summed E-state index contributed by atoms with van der Waals surface area (Å²) in [4.78, 5) is 18.6. The van der Waals surface area contributed by atoms with Crippen LogP contribution >= 0.6 is 0 Å². The van der Waals surface area contributed by atoms with E-state index in [1.807, 2.05) is 6.08 Å². The number of aromatic nitrogens is 1. The molecule has 3 atom stereocenters. The molecule has 136 valence electrons. The lowest BCUT2D eigenvalue weighted by Gasteiger charge is -2.41. The maximum absolute atomic E-state index is 12.8. The molecule has 0 saturated heterocycles. The zero-order valence-electron chi connectivity index (χ0n) is 15.6. The van der Waals surface area contributed by atoms with Crippen molar-refractivity contribution < 1.29 is 4.79 Å². The number of nitrogens with zero attached hydrogens (tertiary/aromatic N) is 1. The summed E-state index contributed by atoms with van der Waals surface area (Å²) in [5.41, 5.74) is 5.11. The van der Waals surface area contributed by atoms with Crippen molar-refractivity contribution >= 4 is 22.4 Å². The van der Waals surface area contributed by atoms with E-state index in [0.29, 0.717) is 6.04 Å². The van der Waals surface area contributed by atoms with Crippen LogP contribution in [0.15, 0.2) is 43.1 Å². The normalized spacial score (nSPS) is 23.2. The second-order valence-corrected chi connectivity index (χ2v) is 7.55. The molecule has 0 spiro atoms. The van der Waals surface area contributed by atoms with Crippen molar-refractivity contribution in [2.24, 2.45) is 5.92 Å². The number of carbonyl (C=O) groups is 1. The molecule has 1 aromatic heterocycles. The number of hydrogen-bond donors (Lipinski definition) is 2. The average molecular weight is 349 g/mol. The topological polar surface area (TPSA) is 48.1 Å². The van der Waals surface area contributed by atoms with Crippen LogP contribution in [0.25, 0.3) is 16.5 Å². The molecule has 1 aromatic carbocycles. The highest BCUT2D eigenvalue weighted by molar-refractivity contribution is 5.99. The Balaban J connectivity index is 1.76. The lowest BCUT2D eigenvalue weighted by atomic mass is 9.79. The van der Waals surface area contributed by atoms with E-state index in [2.05, 4.69) is 66.1 Å². The minimum Gasteiger partial charge on any atom is -0.361 e. The summed E-state index contributed by atoms with van der Waals surface area (Å²) < 4.78 is 0. The van der Waals surface area contributed by atoms with Gasteiger partial charge in [0, 0.05) is 42.3 Å². The van der Waals surface area contributed by atoms with Gasteiger partial charge in [0.1, 0.15) is 0 Å². The van der Waals surface area contributed by atoms with E-state index >= 15 is 0 Å². The smallest absolute Gasteiger partial charge is 0.228 e. The predicted octanol–water partition coefficient (Wildman–Crippen LogP) is 3.51. The molecule has 1 aliphatic carbocycles. The van der Waals surface area contributed by atoms with E-state index in [-0.39, 0.29) is 17.9 Å². The average Bonchev–Trinajstić information content (AvgIpc) is 3.06. The summed E-state index contributed by atoms with van der Waals surface area (Å²) in [6, 6.07) is 6.94. The number of H-pyrrole nitrogens is 1. The molecule has 0 bridgehead atoms. The van der Waals surface area contributed by atoms with Gasteiger partial charge < -0.3 is 10.3 Å². The Hall–Kier alpha value is -2.33. The van der Waals surface area contributed by atoms with Gasteiger partial charge in [-0.3, -0.25) is 9.69 Å². The molecule has 0 fully saturated rings. The van der Waals surface area contributed by atoms with Gasteiger partial charge in [-0.05, 0) is 42.5 Å². The van der Waals surface area contributed by atoms with Gasteiger partial charge >= 0.3 is 0 Å². The van der Waals surface area contributed by atoms with Crippen LogP contribution < -0.4 is 5.32 Å². The van der Waals surface area contributed by atoms with Crippen LogP contribution in [0.5, 0.6) is 0 Å². The van der Waals surface area contributed by atoms with E-state index < -0.39 is 0 Å². The van der Waals surface area contributed by atoms with Crippen molar-refractivity contribution in [3.8, 4) is 0 Å². The van der Waals surface area contributed by atoms with Crippen LogP contribution in [0.1, 0.15) is 31.4 Å². The lowest BCUT2D eigenvalue weighted by molar-refractivity contribution is -0.125. The van der Waals surface area contributed by atoms with E-state index in [0.717, 1.165) is 25.9 Å². The van der Waals surface area contributed by atoms with Crippen molar-refractivity contribution in [1.82, 2.24) is 15.2 Å². The van der Waals surface area contributed by atoms with Crippen molar-refractivity contribution in [3.05, 3.63) is 54.3 Å². The van der Waals surface area contributed by atoms with Gasteiger partial charge in [-0.15, -0.1) is 6.58 Å². The van der Waals surface area contributed by atoms with E-state index in [9.17, 15) is 4.79 Å². The minimum atomic E-state index is -0.119. The van der Waals surface area contributed by atoms with Crippen molar-refractivity contribution in [2.45, 2.75) is 38.8 Å². The molecule has 0 saturated carbocycles. The Morgan fingerprint density at radius 2 is 2.35 bits per heavy atom. The SMILES string of the molecule is C=CCN1C[C@H](C(=O)NC(C)CC)C=C2c3cccc4[nH]cc(c34)C[C@H]21. The van der Waals surface area contributed by atoms with Crippen LogP contribution in [0, 0.1) is 5.92 Å². The number of amides is 1. The first-order chi connectivity index (χ1) is 12.6. The Bertz CT molecular complexity index is 879. The monoisotopic (exact) mass is 349 g/mol. The van der Waals surface area contributed by atoms with Gasteiger partial charge in [0.15, 0.2) is 0 Å². The number of nitrogens with one attached hydrogen (secondary N) is 2. The van der Waals surface area contributed by atoms with Gasteiger partial charge in [-0.2, -0.15) is 0 Å². The van der Waals surface area contributed by atoms with Crippen molar-refractivity contribution in [1.29, 1.82) is 0 Å². The predicted molar refractivity (Wildman–Crippen MR) is 107 cm³/mol. The lowest BCUT2D eigenvalue weighted by Crippen LogP contribution is -2.49. The Kier molecular flexibility index (Phi) is 4.45. The number of rotatable bonds is 5. The summed E-state index contributed by atoms with van der Waals surface area (Å²) in [5.74, 6) is 0.0114. The Morgan fingerprint density at radius 3 is 3.12 bits per heavy atom. The number of aromatic amines is 1. The van der Waals surface area contributed by atoms with Crippen LogP contribution in [0.2, 0.25) is 0 Å². The molecule has 4 nitrogen and oxygen atoms in total. The molecule has 4 rings (SSSR count). The highest BCUT2D eigenvalue weighted by Crippen LogP contribution is 2.41.